The maximum atomic E-state index is 11.2. The highest BCUT2D eigenvalue weighted by Crippen LogP contribution is 2.28. The van der Waals surface area contributed by atoms with Crippen LogP contribution < -0.4 is 17.1 Å². The first kappa shape index (κ1) is 29.8. The minimum atomic E-state index is -1.28. The highest BCUT2D eigenvalue weighted by Gasteiger charge is 2.36. The Morgan fingerprint density at radius 3 is 1.93 bits per heavy atom. The van der Waals surface area contributed by atoms with E-state index in [4.69, 9.17) is 10.8 Å². The SMILES string of the molecule is Nc1c(C(=O)O)cccc1[N+](=O)[O-].O=C1OC(=O)c2c1cccc2[N+](=O)[O-].O=c1[nH]c2c([N+](=O)[O-])cccc2c(=O)o1. The van der Waals surface area contributed by atoms with E-state index in [1.807, 2.05) is 0 Å². The van der Waals surface area contributed by atoms with Crippen LogP contribution in [-0.4, -0.2) is 42.8 Å². The summed E-state index contributed by atoms with van der Waals surface area (Å²) >= 11 is 0. The molecule has 19 nitrogen and oxygen atoms in total. The van der Waals surface area contributed by atoms with Gasteiger partial charge >= 0.3 is 29.3 Å². The predicted octanol–water partition coefficient (Wildman–Crippen LogP) is 2.17. The molecule has 0 radical (unpaired) electrons. The molecule has 0 saturated carbocycles. The highest BCUT2D eigenvalue weighted by molar-refractivity contribution is 6.16. The number of aromatic carboxylic acids is 1. The molecule has 1 aliphatic rings. The number of fused-ring (bicyclic) bond motifs is 2. The number of nitro groups is 3. The molecule has 0 bridgehead atoms. The monoisotopic (exact) mass is 583 g/mol. The molecule has 5 rings (SSSR count). The molecule has 0 saturated heterocycles. The number of anilines is 1. The Labute approximate surface area is 228 Å². The molecular weight excluding hydrogens is 570 g/mol. The van der Waals surface area contributed by atoms with Gasteiger partial charge in [0, 0.05) is 18.2 Å². The van der Waals surface area contributed by atoms with Crippen molar-refractivity contribution in [2.45, 2.75) is 0 Å². The molecule has 0 atom stereocenters. The number of carboxylic acid groups (broad SMARTS) is 1. The van der Waals surface area contributed by atoms with Gasteiger partial charge in [-0.2, -0.15) is 0 Å². The number of nitrogens with one attached hydrogen (secondary N) is 1. The van der Waals surface area contributed by atoms with E-state index < -0.39 is 49.7 Å². The summed E-state index contributed by atoms with van der Waals surface area (Å²) in [5, 5.41) is 40.0. The second-order valence-corrected chi connectivity index (χ2v) is 7.69. The number of nitro benzene ring substituents is 3. The average molecular weight is 583 g/mol. The smallest absolute Gasteiger partial charge is 0.419 e. The van der Waals surface area contributed by atoms with Crippen LogP contribution in [0.1, 0.15) is 31.1 Å². The number of H-pyrrole nitrogens is 1. The van der Waals surface area contributed by atoms with Gasteiger partial charge in [-0.3, -0.25) is 35.3 Å². The summed E-state index contributed by atoms with van der Waals surface area (Å²) in [7, 11) is 0. The van der Waals surface area contributed by atoms with Gasteiger partial charge in [0.1, 0.15) is 11.2 Å². The molecule has 0 unspecified atom stereocenters. The molecular formula is C23H13N5O14. The van der Waals surface area contributed by atoms with Crippen LogP contribution in [0.15, 0.2) is 68.6 Å². The topological polar surface area (TPSA) is 299 Å². The number of hydrogen-bond acceptors (Lipinski definition) is 14. The van der Waals surface area contributed by atoms with Crippen LogP contribution in [0, 0.1) is 30.3 Å². The summed E-state index contributed by atoms with van der Waals surface area (Å²) in [5.41, 5.74) is 2.23. The number of nitrogens with two attached hydrogens (primary N) is 1. The van der Waals surface area contributed by atoms with E-state index in [1.54, 1.807) is 0 Å². The molecule has 42 heavy (non-hydrogen) atoms. The zero-order valence-electron chi connectivity index (χ0n) is 20.4. The fourth-order valence-corrected chi connectivity index (χ4v) is 3.43. The summed E-state index contributed by atoms with van der Waals surface area (Å²) in [6, 6.07) is 11.3. The van der Waals surface area contributed by atoms with Crippen molar-refractivity contribution in [3.05, 3.63) is 123 Å². The van der Waals surface area contributed by atoms with Crippen LogP contribution in [0.3, 0.4) is 0 Å². The number of para-hydroxylation sites is 2. The van der Waals surface area contributed by atoms with E-state index in [0.29, 0.717) is 0 Å². The minimum Gasteiger partial charge on any atom is -0.478 e. The number of carboxylic acids is 1. The molecule has 19 heteroatoms. The number of benzene rings is 3. The Hall–Kier alpha value is -6.79. The number of aromatic nitrogens is 1. The molecule has 0 fully saturated rings. The Morgan fingerprint density at radius 1 is 0.786 bits per heavy atom. The molecule has 0 spiro atoms. The summed E-state index contributed by atoms with van der Waals surface area (Å²) in [6.45, 7) is 0. The van der Waals surface area contributed by atoms with Gasteiger partial charge in [-0.1, -0.05) is 18.2 Å². The second kappa shape index (κ2) is 11.9. The first-order valence-corrected chi connectivity index (χ1v) is 10.8. The van der Waals surface area contributed by atoms with Crippen LogP contribution in [0.2, 0.25) is 0 Å². The molecule has 2 heterocycles. The van der Waals surface area contributed by atoms with Crippen LogP contribution >= 0.6 is 0 Å². The molecule has 1 aliphatic heterocycles. The number of non-ortho nitro benzene ring substituents is 1. The molecule has 1 aromatic heterocycles. The van der Waals surface area contributed by atoms with E-state index >= 15 is 0 Å². The third kappa shape index (κ3) is 6.09. The summed E-state index contributed by atoms with van der Waals surface area (Å²) in [6.07, 6.45) is 0. The van der Waals surface area contributed by atoms with Gasteiger partial charge in [0.05, 0.1) is 31.3 Å². The number of aromatic amines is 1. The fourth-order valence-electron chi connectivity index (χ4n) is 3.43. The third-order valence-corrected chi connectivity index (χ3v) is 5.23. The normalized spacial score (nSPS) is 11.2. The number of ether oxygens (including phenoxy) is 1. The standard InChI is InChI=1S/C8H4N2O5.C8H3NO5.C7H6N2O4/c11-7-4-2-1-3-5(10(13)14)6(4)9-8(12)15-7;10-7-4-2-1-3-5(9(12)13)6(4)8(11)14-7;8-6-4(7(10)11)2-1-3-5(6)9(12)13/h1-3H,(H,9,12);1-3H;1-3H,8H2,(H,10,11). The lowest BCUT2D eigenvalue weighted by molar-refractivity contribution is -0.385. The maximum Gasteiger partial charge on any atom is 0.419 e. The first-order chi connectivity index (χ1) is 19.7. The highest BCUT2D eigenvalue weighted by atomic mass is 16.6. The zero-order valence-corrected chi connectivity index (χ0v) is 20.4. The van der Waals surface area contributed by atoms with Crippen molar-refractivity contribution in [2.24, 2.45) is 0 Å². The van der Waals surface area contributed by atoms with Crippen molar-refractivity contribution in [3.8, 4) is 0 Å². The van der Waals surface area contributed by atoms with E-state index in [2.05, 4.69) is 14.1 Å². The molecule has 0 aliphatic carbocycles. The Balaban J connectivity index is 0.000000173. The number of esters is 2. The lowest BCUT2D eigenvalue weighted by Gasteiger charge is -1.99. The van der Waals surface area contributed by atoms with Crippen LogP contribution in [0.4, 0.5) is 22.7 Å². The zero-order chi connectivity index (χ0) is 31.3. The number of hydrogen-bond donors (Lipinski definition) is 3. The molecule has 214 valence electrons. The van der Waals surface area contributed by atoms with E-state index in [-0.39, 0.29) is 44.7 Å². The van der Waals surface area contributed by atoms with Gasteiger partial charge in [-0.25, -0.2) is 24.0 Å². The van der Waals surface area contributed by atoms with Crippen molar-refractivity contribution in [1.82, 2.24) is 4.98 Å². The Morgan fingerprint density at radius 2 is 1.33 bits per heavy atom. The predicted molar refractivity (Wildman–Crippen MR) is 137 cm³/mol. The van der Waals surface area contributed by atoms with Crippen molar-refractivity contribution < 1.29 is 43.4 Å². The van der Waals surface area contributed by atoms with Crippen LogP contribution in [-0.2, 0) is 4.74 Å². The summed E-state index contributed by atoms with van der Waals surface area (Å²) < 4.78 is 8.48. The molecule has 4 aromatic rings. The van der Waals surface area contributed by atoms with Gasteiger partial charge in [0.25, 0.3) is 17.1 Å². The van der Waals surface area contributed by atoms with Crippen molar-refractivity contribution in [2.75, 3.05) is 5.73 Å². The van der Waals surface area contributed by atoms with Gasteiger partial charge in [-0.05, 0) is 18.2 Å². The van der Waals surface area contributed by atoms with Gasteiger partial charge in [0.15, 0.2) is 5.56 Å². The Kier molecular flexibility index (Phi) is 8.46. The number of nitrogen functional groups attached to an aromatic ring is 1. The average Bonchev–Trinajstić information content (AvgIpc) is 3.21. The lowest BCUT2D eigenvalue weighted by atomic mass is 10.1. The van der Waals surface area contributed by atoms with Crippen molar-refractivity contribution >= 4 is 51.6 Å². The molecule has 3 aromatic carbocycles. The minimum absolute atomic E-state index is 0.0243. The number of carbonyl (C=O) groups is 3. The Bertz CT molecular complexity index is 1890. The molecule has 0 amide bonds. The van der Waals surface area contributed by atoms with Crippen LogP contribution in [0.25, 0.3) is 10.9 Å². The quantitative estimate of drug-likeness (QED) is 0.102. The van der Waals surface area contributed by atoms with Gasteiger partial charge in [0.2, 0.25) is 0 Å². The second-order valence-electron chi connectivity index (χ2n) is 7.69. The molecule has 4 N–H and O–H groups in total. The number of carbonyl (C=O) groups excluding carboxylic acids is 2. The van der Waals surface area contributed by atoms with Crippen molar-refractivity contribution in [3.63, 3.8) is 0 Å². The summed E-state index contributed by atoms with van der Waals surface area (Å²) in [5.74, 6) is -4.09. The van der Waals surface area contributed by atoms with E-state index in [9.17, 15) is 54.3 Å². The van der Waals surface area contributed by atoms with E-state index in [1.165, 1.54) is 42.5 Å². The largest absolute Gasteiger partial charge is 0.478 e. The number of nitrogens with zero attached hydrogens (tertiary/aromatic N) is 3. The number of cyclic esters (lactones) is 2. The number of rotatable bonds is 4. The van der Waals surface area contributed by atoms with E-state index in [0.717, 1.165) is 12.1 Å². The van der Waals surface area contributed by atoms with Gasteiger partial charge < -0.3 is 20.0 Å². The lowest BCUT2D eigenvalue weighted by Crippen LogP contribution is -2.15. The summed E-state index contributed by atoms with van der Waals surface area (Å²) in [4.78, 5) is 85.9. The fraction of sp³-hybridized carbons (Fsp3) is 0. The first-order valence-electron chi connectivity index (χ1n) is 10.8. The third-order valence-electron chi connectivity index (χ3n) is 5.23. The van der Waals surface area contributed by atoms with Gasteiger partial charge in [-0.15, -0.1) is 0 Å². The van der Waals surface area contributed by atoms with Crippen LogP contribution in [0.5, 0.6) is 0 Å². The maximum absolute atomic E-state index is 11.2. The van der Waals surface area contributed by atoms with Crippen molar-refractivity contribution in [1.29, 1.82) is 0 Å².